The van der Waals surface area contributed by atoms with Crippen molar-refractivity contribution in [3.05, 3.63) is 24.0 Å². The van der Waals surface area contributed by atoms with Crippen LogP contribution >= 0.6 is 0 Å². The molecule has 0 saturated heterocycles. The Kier molecular flexibility index (Phi) is 4.32. The fourth-order valence-electron chi connectivity index (χ4n) is 1.26. The molecule has 0 fully saturated rings. The Morgan fingerprint density at radius 1 is 1.47 bits per heavy atom. The van der Waals surface area contributed by atoms with E-state index in [-0.39, 0.29) is 10.6 Å². The third-order valence-electron chi connectivity index (χ3n) is 2.87. The molecule has 0 saturated carbocycles. The molecule has 0 aromatic heterocycles. The van der Waals surface area contributed by atoms with Gasteiger partial charge in [-0.1, -0.05) is 6.92 Å². The van der Waals surface area contributed by atoms with Gasteiger partial charge in [0.15, 0.2) is 9.84 Å². The smallest absolute Gasteiger partial charge is 0.244 e. The van der Waals surface area contributed by atoms with E-state index in [1.54, 1.807) is 6.92 Å². The maximum atomic E-state index is 13.6. The SMILES string of the molecule is CCC(C)(N)C(=O)Nc1cc(S(C)(=O)=O)ccc1F. The van der Waals surface area contributed by atoms with Crippen molar-refractivity contribution < 1.29 is 17.6 Å². The van der Waals surface area contributed by atoms with Crippen LogP contribution in [0.4, 0.5) is 10.1 Å². The van der Waals surface area contributed by atoms with Crippen LogP contribution < -0.4 is 11.1 Å². The summed E-state index contributed by atoms with van der Waals surface area (Å²) in [6.45, 7) is 3.24. The second kappa shape index (κ2) is 5.26. The van der Waals surface area contributed by atoms with Crippen molar-refractivity contribution in [2.75, 3.05) is 11.6 Å². The molecular weight excluding hydrogens is 271 g/mol. The van der Waals surface area contributed by atoms with Gasteiger partial charge in [0.25, 0.3) is 0 Å². The molecule has 1 aromatic carbocycles. The quantitative estimate of drug-likeness (QED) is 0.817. The third-order valence-corrected chi connectivity index (χ3v) is 3.98. The Bertz CT molecular complexity index is 597. The number of anilines is 1. The van der Waals surface area contributed by atoms with Gasteiger partial charge >= 0.3 is 0 Å². The van der Waals surface area contributed by atoms with E-state index in [1.807, 2.05) is 0 Å². The Morgan fingerprint density at radius 3 is 2.53 bits per heavy atom. The first kappa shape index (κ1) is 15.6. The summed E-state index contributed by atoms with van der Waals surface area (Å²) >= 11 is 0. The zero-order valence-corrected chi connectivity index (χ0v) is 11.8. The largest absolute Gasteiger partial charge is 0.322 e. The van der Waals surface area contributed by atoms with E-state index in [0.29, 0.717) is 6.42 Å². The van der Waals surface area contributed by atoms with Crippen LogP contribution in [-0.2, 0) is 14.6 Å². The molecule has 0 spiro atoms. The van der Waals surface area contributed by atoms with Crippen LogP contribution in [0.2, 0.25) is 0 Å². The summed E-state index contributed by atoms with van der Waals surface area (Å²) in [5, 5.41) is 2.31. The molecule has 0 aliphatic heterocycles. The zero-order chi connectivity index (χ0) is 14.8. The Morgan fingerprint density at radius 2 is 2.05 bits per heavy atom. The van der Waals surface area contributed by atoms with Gasteiger partial charge in [-0.3, -0.25) is 4.79 Å². The highest BCUT2D eigenvalue weighted by Crippen LogP contribution is 2.21. The number of amides is 1. The Hall–Kier alpha value is -1.47. The van der Waals surface area contributed by atoms with Crippen LogP contribution in [0, 0.1) is 5.82 Å². The van der Waals surface area contributed by atoms with Crippen molar-refractivity contribution >= 4 is 21.4 Å². The molecule has 1 rings (SSSR count). The Labute approximate surface area is 111 Å². The molecule has 1 atom stereocenters. The number of carbonyl (C=O) groups is 1. The van der Waals surface area contributed by atoms with Gasteiger partial charge < -0.3 is 11.1 Å². The summed E-state index contributed by atoms with van der Waals surface area (Å²) in [5.41, 5.74) is 4.39. The average Bonchev–Trinajstić information content (AvgIpc) is 2.30. The minimum atomic E-state index is -3.47. The molecule has 0 radical (unpaired) electrons. The average molecular weight is 288 g/mol. The maximum Gasteiger partial charge on any atom is 0.244 e. The van der Waals surface area contributed by atoms with E-state index in [0.717, 1.165) is 24.5 Å². The molecular formula is C12H17FN2O3S. The van der Waals surface area contributed by atoms with Crippen LogP contribution in [-0.4, -0.2) is 26.1 Å². The Balaban J connectivity index is 3.12. The van der Waals surface area contributed by atoms with Crippen LogP contribution in [0.1, 0.15) is 20.3 Å². The van der Waals surface area contributed by atoms with Gasteiger partial charge in [0.2, 0.25) is 5.91 Å². The highest BCUT2D eigenvalue weighted by atomic mass is 32.2. The standard InChI is InChI=1S/C12H17FN2O3S/c1-4-12(2,14)11(16)15-10-7-8(19(3,17)18)5-6-9(10)13/h5-7H,4,14H2,1-3H3,(H,15,16). The predicted octanol–water partition coefficient (Wildman–Crippen LogP) is 1.30. The minimum absolute atomic E-state index is 0.0700. The zero-order valence-electron chi connectivity index (χ0n) is 11.0. The van der Waals surface area contributed by atoms with E-state index in [1.165, 1.54) is 6.92 Å². The fraction of sp³-hybridized carbons (Fsp3) is 0.417. The van der Waals surface area contributed by atoms with Crippen LogP contribution in [0.3, 0.4) is 0 Å². The van der Waals surface area contributed by atoms with Gasteiger partial charge in [-0.05, 0) is 31.5 Å². The number of carbonyl (C=O) groups excluding carboxylic acids is 1. The molecule has 0 aliphatic rings. The molecule has 5 nitrogen and oxygen atoms in total. The second-order valence-corrected chi connectivity index (χ2v) is 6.65. The third kappa shape index (κ3) is 3.74. The van der Waals surface area contributed by atoms with E-state index in [2.05, 4.69) is 5.32 Å². The second-order valence-electron chi connectivity index (χ2n) is 4.64. The van der Waals surface area contributed by atoms with Crippen molar-refractivity contribution in [3.8, 4) is 0 Å². The maximum absolute atomic E-state index is 13.6. The lowest BCUT2D eigenvalue weighted by Crippen LogP contribution is -2.47. The first-order valence-electron chi connectivity index (χ1n) is 5.68. The van der Waals surface area contributed by atoms with Crippen molar-refractivity contribution in [3.63, 3.8) is 0 Å². The van der Waals surface area contributed by atoms with Gasteiger partial charge in [0, 0.05) is 6.26 Å². The van der Waals surface area contributed by atoms with Crippen molar-refractivity contribution in [1.29, 1.82) is 0 Å². The van der Waals surface area contributed by atoms with Gasteiger partial charge in [-0.25, -0.2) is 12.8 Å². The highest BCUT2D eigenvalue weighted by molar-refractivity contribution is 7.90. The molecule has 7 heteroatoms. The fourth-order valence-corrected chi connectivity index (χ4v) is 1.90. The van der Waals surface area contributed by atoms with Gasteiger partial charge in [0.05, 0.1) is 16.1 Å². The monoisotopic (exact) mass is 288 g/mol. The summed E-state index contributed by atoms with van der Waals surface area (Å²) in [7, 11) is -3.47. The highest BCUT2D eigenvalue weighted by Gasteiger charge is 2.27. The summed E-state index contributed by atoms with van der Waals surface area (Å²) in [6, 6.07) is 3.21. The van der Waals surface area contributed by atoms with Crippen molar-refractivity contribution in [1.82, 2.24) is 0 Å². The minimum Gasteiger partial charge on any atom is -0.322 e. The normalized spacial score (nSPS) is 14.8. The number of hydrogen-bond acceptors (Lipinski definition) is 4. The molecule has 1 amide bonds. The lowest BCUT2D eigenvalue weighted by molar-refractivity contribution is -0.120. The summed E-state index contributed by atoms with van der Waals surface area (Å²) in [4.78, 5) is 11.8. The number of benzene rings is 1. The molecule has 0 bridgehead atoms. The lowest BCUT2D eigenvalue weighted by atomic mass is 9.99. The molecule has 1 unspecified atom stereocenters. The first-order chi connectivity index (χ1) is 8.58. The number of rotatable bonds is 4. The van der Waals surface area contributed by atoms with Gasteiger partial charge in [-0.15, -0.1) is 0 Å². The summed E-state index contributed by atoms with van der Waals surface area (Å²) < 4.78 is 36.3. The van der Waals surface area contributed by atoms with Gasteiger partial charge in [-0.2, -0.15) is 0 Å². The van der Waals surface area contributed by atoms with E-state index in [4.69, 9.17) is 5.73 Å². The molecule has 3 N–H and O–H groups in total. The summed E-state index contributed by atoms with van der Waals surface area (Å²) in [5.74, 6) is -1.28. The molecule has 0 aliphatic carbocycles. The van der Waals surface area contributed by atoms with Crippen LogP contribution in [0.5, 0.6) is 0 Å². The van der Waals surface area contributed by atoms with E-state index in [9.17, 15) is 17.6 Å². The molecule has 19 heavy (non-hydrogen) atoms. The molecule has 0 heterocycles. The predicted molar refractivity (Wildman–Crippen MR) is 71.0 cm³/mol. The molecule has 1 aromatic rings. The van der Waals surface area contributed by atoms with Crippen LogP contribution in [0.25, 0.3) is 0 Å². The molecule has 106 valence electrons. The van der Waals surface area contributed by atoms with Crippen molar-refractivity contribution in [2.45, 2.75) is 30.7 Å². The number of sulfone groups is 1. The first-order valence-corrected chi connectivity index (χ1v) is 7.57. The topological polar surface area (TPSA) is 89.3 Å². The number of hydrogen-bond donors (Lipinski definition) is 2. The number of halogens is 1. The van der Waals surface area contributed by atoms with Gasteiger partial charge in [0.1, 0.15) is 5.82 Å². The summed E-state index contributed by atoms with van der Waals surface area (Å²) in [6.07, 6.45) is 1.37. The van der Waals surface area contributed by atoms with E-state index >= 15 is 0 Å². The number of nitrogens with two attached hydrogens (primary N) is 1. The van der Waals surface area contributed by atoms with E-state index < -0.39 is 27.1 Å². The van der Waals surface area contributed by atoms with Crippen molar-refractivity contribution in [2.24, 2.45) is 5.73 Å². The lowest BCUT2D eigenvalue weighted by Gasteiger charge is -2.21. The van der Waals surface area contributed by atoms with Crippen LogP contribution in [0.15, 0.2) is 23.1 Å². The number of nitrogens with one attached hydrogen (secondary N) is 1.